The van der Waals surface area contributed by atoms with E-state index in [9.17, 15) is 0 Å². The van der Waals surface area contributed by atoms with Crippen LogP contribution in [0, 0.1) is 37.0 Å². The Labute approximate surface area is 441 Å². The highest BCUT2D eigenvalue weighted by Gasteiger charge is 2.21. The Bertz CT molecular complexity index is 3310. The molecular weight excluding hydrogens is 905 g/mol. The molecule has 9 rings (SSSR count). The Hall–Kier alpha value is -7.05. The molecule has 9 aromatic rings. The molecule has 7 aromatic carbocycles. The Morgan fingerprint density at radius 1 is 0.486 bits per heavy atom. The fourth-order valence-corrected chi connectivity index (χ4v) is 10.5. The van der Waals surface area contributed by atoms with Crippen LogP contribution in [0.15, 0.2) is 158 Å². The average molecular weight is 981 g/mol. The predicted molar refractivity (Wildman–Crippen MR) is 311 cm³/mol. The van der Waals surface area contributed by atoms with Gasteiger partial charge in [-0.05, 0) is 166 Å². The molecule has 0 spiro atoms. The molecule has 0 saturated carbocycles. The maximum Gasteiger partial charge on any atom is 0.164 e. The highest BCUT2D eigenvalue weighted by atomic mass is 16.5. The average Bonchev–Trinajstić information content (AvgIpc) is 3.68. The molecule has 0 aliphatic carbocycles. The molecule has 0 amide bonds. The van der Waals surface area contributed by atoms with E-state index in [1.807, 2.05) is 6.07 Å². The van der Waals surface area contributed by atoms with E-state index in [-0.39, 0.29) is 5.60 Å². The molecular formula is C68H76N4O2. The van der Waals surface area contributed by atoms with Gasteiger partial charge in [-0.15, -0.1) is 0 Å². The number of aromatic nitrogens is 4. The second-order valence-electron chi connectivity index (χ2n) is 23.2. The summed E-state index contributed by atoms with van der Waals surface area (Å²) in [4.78, 5) is 15.0. The topological polar surface area (TPSA) is 62.1 Å². The lowest BCUT2D eigenvalue weighted by atomic mass is 9.79. The summed E-state index contributed by atoms with van der Waals surface area (Å²) in [5.74, 6) is 5.35. The highest BCUT2D eigenvalue weighted by Crippen LogP contribution is 2.38. The van der Waals surface area contributed by atoms with Gasteiger partial charge in [-0.2, -0.15) is 0 Å². The molecule has 6 nitrogen and oxygen atoms in total. The number of ether oxygens (including phenoxy) is 2. The molecule has 0 fully saturated rings. The first-order valence-electron chi connectivity index (χ1n) is 27.0. The molecule has 0 N–H and O–H groups in total. The maximum atomic E-state index is 6.50. The molecule has 3 atom stereocenters. The van der Waals surface area contributed by atoms with Gasteiger partial charge < -0.3 is 14.0 Å². The van der Waals surface area contributed by atoms with Crippen LogP contribution in [0.3, 0.4) is 0 Å². The minimum absolute atomic E-state index is 0.290. The van der Waals surface area contributed by atoms with Gasteiger partial charge in [0.15, 0.2) is 17.5 Å². The zero-order chi connectivity index (χ0) is 52.1. The third-order valence-electron chi connectivity index (χ3n) is 14.6. The van der Waals surface area contributed by atoms with Crippen molar-refractivity contribution in [3.63, 3.8) is 0 Å². The molecule has 0 aliphatic rings. The number of benzene rings is 7. The number of aryl methyl sites for hydroxylation is 2. The second-order valence-corrected chi connectivity index (χ2v) is 23.2. The summed E-state index contributed by atoms with van der Waals surface area (Å²) >= 11 is 0. The van der Waals surface area contributed by atoms with Crippen LogP contribution in [0.2, 0.25) is 0 Å². The Morgan fingerprint density at radius 2 is 0.959 bits per heavy atom. The van der Waals surface area contributed by atoms with Gasteiger partial charge in [0.1, 0.15) is 17.1 Å². The van der Waals surface area contributed by atoms with Crippen molar-refractivity contribution in [1.82, 2.24) is 19.5 Å². The number of fused-ring (bicyclic) bond motifs is 3. The van der Waals surface area contributed by atoms with Crippen molar-refractivity contribution in [2.75, 3.05) is 6.61 Å². The summed E-state index contributed by atoms with van der Waals surface area (Å²) in [5.41, 5.74) is 13.7. The van der Waals surface area contributed by atoms with Gasteiger partial charge in [-0.25, -0.2) is 15.0 Å². The SMILES string of the molecule is CCC(C)(C)CC(C)CCC(C)COc1cccc(-c2ccc3c(c2)c2cc(-c4cccc(OC(C)(C)C)c4)ccc2n3CC(C)Cc2ccc(-c3nc(-c4cccc(C)c4)nc(-c4cccc(C)c4)n3)cc2)c1. The highest BCUT2D eigenvalue weighted by molar-refractivity contribution is 6.10. The Kier molecular flexibility index (Phi) is 15.5. The normalized spacial score (nSPS) is 13.3. The van der Waals surface area contributed by atoms with Crippen molar-refractivity contribution < 1.29 is 9.47 Å². The minimum Gasteiger partial charge on any atom is -0.493 e. The zero-order valence-electron chi connectivity index (χ0n) is 45.8. The minimum atomic E-state index is -0.290. The van der Waals surface area contributed by atoms with Crippen molar-refractivity contribution >= 4 is 21.8 Å². The van der Waals surface area contributed by atoms with E-state index in [0.717, 1.165) is 81.5 Å². The van der Waals surface area contributed by atoms with E-state index in [1.165, 1.54) is 58.6 Å². The van der Waals surface area contributed by atoms with Crippen LogP contribution in [0.1, 0.15) is 105 Å². The molecule has 0 aliphatic heterocycles. The van der Waals surface area contributed by atoms with Crippen molar-refractivity contribution in [3.8, 4) is 67.9 Å². The fourth-order valence-electron chi connectivity index (χ4n) is 10.5. The van der Waals surface area contributed by atoms with Gasteiger partial charge in [0.05, 0.1) is 6.61 Å². The molecule has 2 heterocycles. The van der Waals surface area contributed by atoms with Crippen LogP contribution < -0.4 is 9.47 Å². The monoisotopic (exact) mass is 981 g/mol. The van der Waals surface area contributed by atoms with Gasteiger partial charge in [-0.1, -0.05) is 163 Å². The van der Waals surface area contributed by atoms with E-state index in [2.05, 4.69) is 232 Å². The fraction of sp³-hybridized carbons (Fsp3) is 0.338. The standard InChI is InChI=1S/C68H76N4O2/c1-12-68(10,11)42-47(4)25-26-48(5)44-73-58-23-15-19-52(38-58)54-31-33-62-60(40-54)61-41-55(53-20-16-24-59(39-53)74-67(7,8)9)32-34-63(61)72(62)43-49(6)35-50-27-29-51(30-28-50)64-69-65(56-21-13-17-45(2)36-56)71-66(70-64)57-22-14-18-46(3)37-57/h13-24,27-34,36-41,47-49H,12,25-26,35,42-44H2,1-11H3. The van der Waals surface area contributed by atoms with Crippen LogP contribution in [0.4, 0.5) is 0 Å². The van der Waals surface area contributed by atoms with Gasteiger partial charge in [0.2, 0.25) is 0 Å². The van der Waals surface area contributed by atoms with Gasteiger partial charge in [0.25, 0.3) is 0 Å². The van der Waals surface area contributed by atoms with Gasteiger partial charge >= 0.3 is 0 Å². The van der Waals surface area contributed by atoms with Gasteiger partial charge in [0, 0.05) is 45.0 Å². The van der Waals surface area contributed by atoms with Crippen LogP contribution >= 0.6 is 0 Å². The van der Waals surface area contributed by atoms with Crippen molar-refractivity contribution in [2.24, 2.45) is 23.2 Å². The summed E-state index contributed by atoms with van der Waals surface area (Å²) < 4.78 is 15.4. The first-order valence-corrected chi connectivity index (χ1v) is 27.0. The second kappa shape index (κ2) is 22.2. The summed E-state index contributed by atoms with van der Waals surface area (Å²) in [6.07, 6.45) is 5.82. The van der Waals surface area contributed by atoms with E-state index in [1.54, 1.807) is 0 Å². The summed E-state index contributed by atoms with van der Waals surface area (Å²) in [6, 6.07) is 56.6. The third kappa shape index (κ3) is 12.8. The first-order chi connectivity index (χ1) is 35.5. The molecule has 380 valence electrons. The zero-order valence-corrected chi connectivity index (χ0v) is 45.8. The molecule has 0 bridgehead atoms. The largest absolute Gasteiger partial charge is 0.493 e. The van der Waals surface area contributed by atoms with Crippen LogP contribution in [0.25, 0.3) is 78.2 Å². The summed E-state index contributed by atoms with van der Waals surface area (Å²) in [6.45, 7) is 26.3. The number of rotatable bonds is 19. The lowest BCUT2D eigenvalue weighted by Crippen LogP contribution is -2.22. The lowest BCUT2D eigenvalue weighted by molar-refractivity contribution is 0.131. The van der Waals surface area contributed by atoms with E-state index in [0.29, 0.717) is 34.7 Å². The van der Waals surface area contributed by atoms with Crippen LogP contribution in [-0.4, -0.2) is 31.7 Å². The Balaban J connectivity index is 0.986. The molecule has 0 saturated heterocycles. The molecule has 0 radical (unpaired) electrons. The Morgan fingerprint density at radius 3 is 1.50 bits per heavy atom. The van der Waals surface area contributed by atoms with E-state index >= 15 is 0 Å². The molecule has 3 unspecified atom stereocenters. The lowest BCUT2D eigenvalue weighted by Gasteiger charge is -2.27. The van der Waals surface area contributed by atoms with Crippen molar-refractivity contribution in [1.29, 1.82) is 0 Å². The van der Waals surface area contributed by atoms with Crippen molar-refractivity contribution in [2.45, 2.75) is 120 Å². The van der Waals surface area contributed by atoms with Gasteiger partial charge in [-0.3, -0.25) is 0 Å². The maximum absolute atomic E-state index is 6.50. The van der Waals surface area contributed by atoms with Crippen LogP contribution in [-0.2, 0) is 13.0 Å². The summed E-state index contributed by atoms with van der Waals surface area (Å²) in [7, 11) is 0. The third-order valence-corrected chi connectivity index (χ3v) is 14.6. The van der Waals surface area contributed by atoms with E-state index < -0.39 is 0 Å². The molecule has 2 aromatic heterocycles. The van der Waals surface area contributed by atoms with Crippen LogP contribution in [0.5, 0.6) is 11.5 Å². The number of hydrogen-bond acceptors (Lipinski definition) is 5. The number of nitrogens with zero attached hydrogens (tertiary/aromatic N) is 4. The quantitative estimate of drug-likeness (QED) is 0.0808. The predicted octanol–water partition coefficient (Wildman–Crippen LogP) is 18.2. The van der Waals surface area contributed by atoms with E-state index in [4.69, 9.17) is 24.4 Å². The first kappa shape index (κ1) is 51.8. The molecule has 74 heavy (non-hydrogen) atoms. The number of hydrogen-bond donors (Lipinski definition) is 0. The molecule has 6 heteroatoms. The van der Waals surface area contributed by atoms with Crippen molar-refractivity contribution in [3.05, 3.63) is 174 Å². The summed E-state index contributed by atoms with van der Waals surface area (Å²) in [5, 5.41) is 2.48. The smallest absolute Gasteiger partial charge is 0.164 e.